The molecule has 136 valence electrons. The number of halogens is 3. The van der Waals surface area contributed by atoms with E-state index in [1.54, 1.807) is 0 Å². The van der Waals surface area contributed by atoms with Crippen molar-refractivity contribution in [3.63, 3.8) is 0 Å². The van der Waals surface area contributed by atoms with Gasteiger partial charge in [-0.1, -0.05) is 8.41 Å². The van der Waals surface area contributed by atoms with E-state index >= 15 is 0 Å². The van der Waals surface area contributed by atoms with Gasteiger partial charge in [-0.05, 0) is 0 Å². The predicted molar refractivity (Wildman–Crippen MR) is 96.1 cm³/mol. The largest absolute Gasteiger partial charge is 1.00 e. The number of carboxylic acid groups (broad SMARTS) is 1. The van der Waals surface area contributed by atoms with Crippen molar-refractivity contribution in [3.8, 4) is 5.75 Å². The molecule has 0 radical (unpaired) electrons. The Kier molecular flexibility index (Phi) is 11.3. The first-order valence-electron chi connectivity index (χ1n) is 7.11. The van der Waals surface area contributed by atoms with Crippen molar-refractivity contribution >= 4 is 33.8 Å². The standard InChI is InChI=1S/C17H15F3O3Se.BH4.Na/c18-17(19,20)12-6-8-13(9-7-12)23-15(16(21)22)10-11-24-14-4-2-1-3-5-14;;/h1-9,15H,10-11H2,(H,21,22);1H4;/q;-1;+1. The first kappa shape index (κ1) is 25.1. The molecule has 0 heterocycles. The Morgan fingerprint density at radius 3 is 2.15 bits per heavy atom. The number of hydrogen-bond acceptors (Lipinski definition) is 2. The second-order valence-electron chi connectivity index (χ2n) is 4.92. The molecule has 0 aliphatic heterocycles. The number of hydrogen-bond donors (Lipinski definition) is 1. The van der Waals surface area contributed by atoms with Gasteiger partial charge in [0.15, 0.2) is 0 Å². The van der Waals surface area contributed by atoms with Gasteiger partial charge in [0, 0.05) is 0 Å². The third kappa shape index (κ3) is 8.19. The molecule has 2 aromatic rings. The van der Waals surface area contributed by atoms with E-state index in [1.807, 2.05) is 30.3 Å². The quantitative estimate of drug-likeness (QED) is 0.557. The topological polar surface area (TPSA) is 46.5 Å². The Balaban J connectivity index is 0.00000312. The average Bonchev–Trinajstić information content (AvgIpc) is 2.54. The SMILES string of the molecule is O=C(O)C(CC[Se]c1ccccc1)Oc1ccc(C(F)(F)F)cc1.[BH4-].[Na+]. The van der Waals surface area contributed by atoms with Crippen LogP contribution in [-0.2, 0) is 11.0 Å². The third-order valence-corrected chi connectivity index (χ3v) is 5.32. The van der Waals surface area contributed by atoms with Crippen molar-refractivity contribution in [2.45, 2.75) is 24.0 Å². The normalized spacial score (nSPS) is 11.7. The Morgan fingerprint density at radius 1 is 1.08 bits per heavy atom. The molecular formula is C17H19BF3NaO3Se. The molecule has 2 aromatic carbocycles. The zero-order valence-corrected chi connectivity index (χ0v) is 17.2. The fraction of sp³-hybridized carbons (Fsp3) is 0.235. The molecule has 0 amide bonds. The summed E-state index contributed by atoms with van der Waals surface area (Å²) < 4.78 is 44.0. The van der Waals surface area contributed by atoms with E-state index in [2.05, 4.69) is 0 Å². The van der Waals surface area contributed by atoms with Crippen LogP contribution >= 0.6 is 0 Å². The van der Waals surface area contributed by atoms with Crippen LogP contribution in [0.1, 0.15) is 12.0 Å². The summed E-state index contributed by atoms with van der Waals surface area (Å²) in [6, 6.07) is 13.7. The molecule has 1 N–H and O–H groups in total. The van der Waals surface area contributed by atoms with Crippen LogP contribution < -0.4 is 38.8 Å². The Bertz CT molecular complexity index is 669. The van der Waals surface area contributed by atoms with Crippen LogP contribution in [0, 0.1) is 0 Å². The Hall–Kier alpha value is -0.916. The van der Waals surface area contributed by atoms with Gasteiger partial charge in [-0.15, -0.1) is 0 Å². The first-order valence-corrected chi connectivity index (χ1v) is 9.17. The number of carbonyl (C=O) groups is 1. The molecule has 2 rings (SSSR count). The molecule has 0 aliphatic rings. The van der Waals surface area contributed by atoms with Crippen LogP contribution in [0.25, 0.3) is 0 Å². The van der Waals surface area contributed by atoms with Gasteiger partial charge in [0.1, 0.15) is 0 Å². The van der Waals surface area contributed by atoms with Crippen molar-refractivity contribution in [1.29, 1.82) is 0 Å². The van der Waals surface area contributed by atoms with Gasteiger partial charge in [0.05, 0.1) is 0 Å². The van der Waals surface area contributed by atoms with E-state index in [-0.39, 0.29) is 58.7 Å². The molecule has 0 aromatic heterocycles. The fourth-order valence-electron chi connectivity index (χ4n) is 1.92. The van der Waals surface area contributed by atoms with Crippen LogP contribution in [0.15, 0.2) is 54.6 Å². The maximum Gasteiger partial charge on any atom is 1.00 e. The number of ether oxygens (including phenoxy) is 1. The molecular weight excluding hydrogens is 422 g/mol. The first-order chi connectivity index (χ1) is 11.4. The Morgan fingerprint density at radius 2 is 1.65 bits per heavy atom. The number of carboxylic acids is 1. The Labute approximate surface area is 180 Å². The third-order valence-electron chi connectivity index (χ3n) is 3.13. The maximum atomic E-state index is 12.5. The molecule has 0 fully saturated rings. The molecule has 3 nitrogen and oxygen atoms in total. The van der Waals surface area contributed by atoms with Gasteiger partial charge >= 0.3 is 173 Å². The van der Waals surface area contributed by atoms with Gasteiger partial charge in [-0.25, -0.2) is 0 Å². The van der Waals surface area contributed by atoms with Crippen molar-refractivity contribution in [3.05, 3.63) is 60.2 Å². The summed E-state index contributed by atoms with van der Waals surface area (Å²) in [4.78, 5) is 11.3. The summed E-state index contributed by atoms with van der Waals surface area (Å²) in [5.74, 6) is -1.01. The molecule has 1 atom stereocenters. The van der Waals surface area contributed by atoms with Crippen molar-refractivity contribution in [2.24, 2.45) is 0 Å². The van der Waals surface area contributed by atoms with Crippen LogP contribution in [-0.4, -0.2) is 40.5 Å². The minimum absolute atomic E-state index is 0. The van der Waals surface area contributed by atoms with E-state index in [1.165, 1.54) is 0 Å². The monoisotopic (exact) mass is 442 g/mol. The van der Waals surface area contributed by atoms with Gasteiger partial charge in [-0.2, -0.15) is 0 Å². The van der Waals surface area contributed by atoms with Gasteiger partial charge in [0.25, 0.3) is 0 Å². The summed E-state index contributed by atoms with van der Waals surface area (Å²) in [6.07, 6.45) is -5.21. The molecule has 9 heteroatoms. The second-order valence-corrected chi connectivity index (χ2v) is 7.37. The van der Waals surface area contributed by atoms with E-state index in [0.717, 1.165) is 28.7 Å². The zero-order valence-electron chi connectivity index (χ0n) is 13.5. The van der Waals surface area contributed by atoms with Crippen LogP contribution in [0.4, 0.5) is 13.2 Å². The van der Waals surface area contributed by atoms with Crippen molar-refractivity contribution in [1.82, 2.24) is 0 Å². The minimum Gasteiger partial charge on any atom is -0.0626 e. The molecule has 0 bridgehead atoms. The maximum absolute atomic E-state index is 12.5. The molecule has 0 spiro atoms. The summed E-state index contributed by atoms with van der Waals surface area (Å²) in [6.45, 7) is 0. The number of aliphatic carboxylic acids is 1. The minimum atomic E-state index is -4.43. The number of benzene rings is 2. The van der Waals surface area contributed by atoms with Gasteiger partial charge < -0.3 is 0 Å². The molecule has 0 saturated heterocycles. The van der Waals surface area contributed by atoms with Crippen molar-refractivity contribution < 1.29 is 57.4 Å². The van der Waals surface area contributed by atoms with Crippen LogP contribution in [0.5, 0.6) is 5.75 Å². The van der Waals surface area contributed by atoms with E-state index in [0.29, 0.717) is 11.7 Å². The van der Waals surface area contributed by atoms with E-state index < -0.39 is 23.8 Å². The summed E-state index contributed by atoms with van der Waals surface area (Å²) in [5, 5.41) is 9.88. The molecule has 0 saturated carbocycles. The van der Waals surface area contributed by atoms with Crippen LogP contribution in [0.2, 0.25) is 5.32 Å². The van der Waals surface area contributed by atoms with Crippen LogP contribution in [0.3, 0.4) is 0 Å². The predicted octanol–water partition coefficient (Wildman–Crippen LogP) is -1.07. The molecule has 1 unspecified atom stereocenters. The smallest absolute Gasteiger partial charge is 0.0626 e. The molecule has 0 aliphatic carbocycles. The number of rotatable bonds is 7. The summed E-state index contributed by atoms with van der Waals surface area (Å²) >= 11 is 0.123. The van der Waals surface area contributed by atoms with Gasteiger partial charge in [0.2, 0.25) is 0 Å². The van der Waals surface area contributed by atoms with Gasteiger partial charge in [-0.3, -0.25) is 0 Å². The molecule has 26 heavy (non-hydrogen) atoms. The fourth-order valence-corrected chi connectivity index (χ4v) is 3.84. The summed E-state index contributed by atoms with van der Waals surface area (Å²) in [7, 11) is 0. The zero-order chi connectivity index (χ0) is 17.6. The van der Waals surface area contributed by atoms with Crippen molar-refractivity contribution in [2.75, 3.05) is 0 Å². The average molecular weight is 441 g/mol. The number of alkyl halides is 3. The van der Waals surface area contributed by atoms with E-state index in [9.17, 15) is 23.1 Å². The second kappa shape index (κ2) is 11.7. The van der Waals surface area contributed by atoms with E-state index in [4.69, 9.17) is 4.74 Å². The summed E-state index contributed by atoms with van der Waals surface area (Å²) in [5.41, 5.74) is -0.797.